The van der Waals surface area contributed by atoms with Crippen molar-refractivity contribution in [1.29, 1.82) is 0 Å². The maximum atomic E-state index is 14.0. The standard InChI is InChI=1S/C18H26FNO5/c1-18(2,3)25-11-10-13(17(22)23)20-15(21)9-8-12-6-5-7-14(24-4)16(12)19/h5-7,13H,8-11H2,1-4H3,(H,20,21)(H,22,23). The maximum Gasteiger partial charge on any atom is 0.326 e. The molecule has 1 rings (SSSR count). The van der Waals surface area contributed by atoms with Crippen molar-refractivity contribution in [3.63, 3.8) is 0 Å². The van der Waals surface area contributed by atoms with Gasteiger partial charge in [0.15, 0.2) is 11.6 Å². The summed E-state index contributed by atoms with van der Waals surface area (Å²) in [4.78, 5) is 23.2. The first kappa shape index (κ1) is 20.9. The molecule has 1 unspecified atom stereocenters. The second-order valence-corrected chi connectivity index (χ2v) is 6.64. The van der Waals surface area contributed by atoms with Crippen LogP contribution in [0.5, 0.6) is 5.75 Å². The number of amides is 1. The van der Waals surface area contributed by atoms with Crippen LogP contribution in [-0.4, -0.2) is 42.3 Å². The van der Waals surface area contributed by atoms with Gasteiger partial charge in [0.1, 0.15) is 6.04 Å². The van der Waals surface area contributed by atoms with Crippen molar-refractivity contribution in [2.24, 2.45) is 0 Å². The number of carboxylic acid groups (broad SMARTS) is 1. The lowest BCUT2D eigenvalue weighted by atomic mass is 10.1. The van der Waals surface area contributed by atoms with Crippen LogP contribution in [0.2, 0.25) is 0 Å². The molecule has 0 saturated heterocycles. The summed E-state index contributed by atoms with van der Waals surface area (Å²) in [6, 6.07) is 3.66. The van der Waals surface area contributed by atoms with Crippen LogP contribution in [0.25, 0.3) is 0 Å². The summed E-state index contributed by atoms with van der Waals surface area (Å²) in [7, 11) is 1.37. The van der Waals surface area contributed by atoms with E-state index in [4.69, 9.17) is 9.47 Å². The van der Waals surface area contributed by atoms with Gasteiger partial charge in [-0.15, -0.1) is 0 Å². The number of hydrogen-bond donors (Lipinski definition) is 2. The van der Waals surface area contributed by atoms with Crippen molar-refractivity contribution >= 4 is 11.9 Å². The lowest BCUT2D eigenvalue weighted by molar-refractivity contribution is -0.142. The average molecular weight is 355 g/mol. The van der Waals surface area contributed by atoms with E-state index in [0.29, 0.717) is 5.56 Å². The molecule has 0 aliphatic heterocycles. The quantitative estimate of drug-likeness (QED) is 0.711. The Morgan fingerprint density at radius 1 is 1.32 bits per heavy atom. The molecule has 0 bridgehead atoms. The monoisotopic (exact) mass is 355 g/mol. The molecule has 1 aromatic rings. The minimum atomic E-state index is -1.13. The molecule has 0 aliphatic rings. The van der Waals surface area contributed by atoms with Crippen LogP contribution in [0.15, 0.2) is 18.2 Å². The molecule has 0 saturated carbocycles. The molecule has 1 atom stereocenters. The number of hydrogen-bond acceptors (Lipinski definition) is 4. The molecule has 0 heterocycles. The third-order valence-corrected chi connectivity index (χ3v) is 3.46. The molecule has 0 spiro atoms. The molecule has 7 heteroatoms. The van der Waals surface area contributed by atoms with Crippen LogP contribution in [0.4, 0.5) is 4.39 Å². The highest BCUT2D eigenvalue weighted by molar-refractivity contribution is 5.83. The predicted molar refractivity (Wildman–Crippen MR) is 91.2 cm³/mol. The number of nitrogens with one attached hydrogen (secondary N) is 1. The molecule has 0 fully saturated rings. The average Bonchev–Trinajstić information content (AvgIpc) is 2.51. The molecular weight excluding hydrogens is 329 g/mol. The Balaban J connectivity index is 2.54. The van der Waals surface area contributed by atoms with Gasteiger partial charge in [-0.1, -0.05) is 12.1 Å². The summed E-state index contributed by atoms with van der Waals surface area (Å²) in [6.45, 7) is 5.81. The number of ether oxygens (including phenoxy) is 2. The SMILES string of the molecule is COc1cccc(CCC(=O)NC(CCOC(C)(C)C)C(=O)O)c1F. The second-order valence-electron chi connectivity index (χ2n) is 6.64. The fraction of sp³-hybridized carbons (Fsp3) is 0.556. The number of carboxylic acids is 1. The molecule has 1 amide bonds. The number of benzene rings is 1. The molecule has 6 nitrogen and oxygen atoms in total. The van der Waals surface area contributed by atoms with E-state index < -0.39 is 23.7 Å². The summed E-state index contributed by atoms with van der Waals surface area (Å²) in [5, 5.41) is 11.7. The first-order chi connectivity index (χ1) is 11.6. The molecule has 0 radical (unpaired) electrons. The summed E-state index contributed by atoms with van der Waals surface area (Å²) in [6.07, 6.45) is 0.291. The Morgan fingerprint density at radius 2 is 2.00 bits per heavy atom. The number of carbonyl (C=O) groups is 2. The van der Waals surface area contributed by atoms with Crippen molar-refractivity contribution in [1.82, 2.24) is 5.32 Å². The fourth-order valence-corrected chi connectivity index (χ4v) is 2.16. The van der Waals surface area contributed by atoms with E-state index in [1.807, 2.05) is 20.8 Å². The van der Waals surface area contributed by atoms with E-state index in [1.165, 1.54) is 13.2 Å². The van der Waals surface area contributed by atoms with Crippen molar-refractivity contribution in [3.8, 4) is 5.75 Å². The van der Waals surface area contributed by atoms with Gasteiger partial charge in [0, 0.05) is 19.4 Å². The number of carbonyl (C=O) groups excluding carboxylic acids is 1. The van der Waals surface area contributed by atoms with E-state index in [9.17, 15) is 19.1 Å². The summed E-state index contributed by atoms with van der Waals surface area (Å²) >= 11 is 0. The van der Waals surface area contributed by atoms with Gasteiger partial charge in [0.25, 0.3) is 0 Å². The van der Waals surface area contributed by atoms with E-state index in [2.05, 4.69) is 5.32 Å². The zero-order valence-electron chi connectivity index (χ0n) is 15.1. The van der Waals surface area contributed by atoms with E-state index >= 15 is 0 Å². The van der Waals surface area contributed by atoms with Crippen LogP contribution < -0.4 is 10.1 Å². The Hall–Kier alpha value is -2.15. The highest BCUT2D eigenvalue weighted by Gasteiger charge is 2.21. The summed E-state index contributed by atoms with van der Waals surface area (Å²) < 4.78 is 24.4. The normalized spacial score (nSPS) is 12.5. The van der Waals surface area contributed by atoms with Gasteiger partial charge < -0.3 is 19.9 Å². The topological polar surface area (TPSA) is 84.9 Å². The Morgan fingerprint density at radius 3 is 2.56 bits per heavy atom. The number of aliphatic carboxylic acids is 1. The lowest BCUT2D eigenvalue weighted by Gasteiger charge is -2.21. The van der Waals surface area contributed by atoms with E-state index in [1.54, 1.807) is 12.1 Å². The smallest absolute Gasteiger partial charge is 0.326 e. The second kappa shape index (κ2) is 9.36. The maximum absolute atomic E-state index is 14.0. The summed E-state index contributed by atoms with van der Waals surface area (Å²) in [5.41, 5.74) is -0.0332. The minimum absolute atomic E-state index is 0.0198. The van der Waals surface area contributed by atoms with E-state index in [0.717, 1.165) is 0 Å². The van der Waals surface area contributed by atoms with Crippen molar-refractivity contribution < 1.29 is 28.6 Å². The van der Waals surface area contributed by atoms with Crippen LogP contribution in [0.3, 0.4) is 0 Å². The molecule has 0 aromatic heterocycles. The van der Waals surface area contributed by atoms with Gasteiger partial charge in [-0.05, 0) is 38.8 Å². The van der Waals surface area contributed by atoms with Crippen LogP contribution in [0.1, 0.15) is 39.2 Å². The largest absolute Gasteiger partial charge is 0.494 e. The van der Waals surface area contributed by atoms with E-state index in [-0.39, 0.29) is 37.2 Å². The zero-order valence-corrected chi connectivity index (χ0v) is 15.1. The van der Waals surface area contributed by atoms with Gasteiger partial charge in [-0.25, -0.2) is 9.18 Å². The number of halogens is 1. The Kier molecular flexibility index (Phi) is 7.83. The van der Waals surface area contributed by atoms with Crippen LogP contribution in [0, 0.1) is 5.82 Å². The molecule has 1 aromatic carbocycles. The van der Waals surface area contributed by atoms with Crippen LogP contribution >= 0.6 is 0 Å². The molecule has 0 aliphatic carbocycles. The lowest BCUT2D eigenvalue weighted by Crippen LogP contribution is -2.42. The highest BCUT2D eigenvalue weighted by atomic mass is 19.1. The van der Waals surface area contributed by atoms with Gasteiger partial charge in [0.05, 0.1) is 12.7 Å². The van der Waals surface area contributed by atoms with Crippen LogP contribution in [-0.2, 0) is 20.7 Å². The molecule has 25 heavy (non-hydrogen) atoms. The molecular formula is C18H26FNO5. The minimum Gasteiger partial charge on any atom is -0.494 e. The Bertz CT molecular complexity index is 598. The number of methoxy groups -OCH3 is 1. The first-order valence-corrected chi connectivity index (χ1v) is 8.11. The van der Waals surface area contributed by atoms with Crippen molar-refractivity contribution in [3.05, 3.63) is 29.6 Å². The molecule has 2 N–H and O–H groups in total. The van der Waals surface area contributed by atoms with Gasteiger partial charge >= 0.3 is 5.97 Å². The number of rotatable bonds is 9. The summed E-state index contributed by atoms with van der Waals surface area (Å²) in [5.74, 6) is -1.98. The highest BCUT2D eigenvalue weighted by Crippen LogP contribution is 2.21. The van der Waals surface area contributed by atoms with Gasteiger partial charge in [-0.2, -0.15) is 0 Å². The Labute approximate surface area is 147 Å². The van der Waals surface area contributed by atoms with Crippen molar-refractivity contribution in [2.75, 3.05) is 13.7 Å². The van der Waals surface area contributed by atoms with Gasteiger partial charge in [-0.3, -0.25) is 4.79 Å². The third kappa shape index (κ3) is 7.51. The zero-order chi connectivity index (χ0) is 19.0. The first-order valence-electron chi connectivity index (χ1n) is 8.11. The number of aryl methyl sites for hydroxylation is 1. The third-order valence-electron chi connectivity index (χ3n) is 3.46. The van der Waals surface area contributed by atoms with Crippen molar-refractivity contribution in [2.45, 2.75) is 51.7 Å². The van der Waals surface area contributed by atoms with Gasteiger partial charge in [0.2, 0.25) is 5.91 Å². The predicted octanol–water partition coefficient (Wildman–Crippen LogP) is 2.54. The fourth-order valence-electron chi connectivity index (χ4n) is 2.16. The molecule has 140 valence electrons.